The van der Waals surface area contributed by atoms with Crippen molar-refractivity contribution in [3.63, 3.8) is 0 Å². The van der Waals surface area contributed by atoms with Gasteiger partial charge in [-0.2, -0.15) is 21.4 Å². The van der Waals surface area contributed by atoms with Crippen LogP contribution < -0.4 is 10.5 Å². The summed E-state index contributed by atoms with van der Waals surface area (Å²) in [5.74, 6) is -14.5. The minimum absolute atomic E-state index is 0.228. The molecule has 0 spiro atoms. The summed E-state index contributed by atoms with van der Waals surface area (Å²) in [4.78, 5) is 11.1. The summed E-state index contributed by atoms with van der Waals surface area (Å²) in [6, 6.07) is -1.36. The first-order chi connectivity index (χ1) is 8.31. The van der Waals surface area contributed by atoms with Gasteiger partial charge in [-0.3, -0.25) is 0 Å². The Balaban J connectivity index is 3.22. The average molecular weight is 287 g/mol. The van der Waals surface area contributed by atoms with Gasteiger partial charge in [0.25, 0.3) is 0 Å². The smallest absolute Gasteiger partial charge is 0.329 e. The van der Waals surface area contributed by atoms with E-state index in [4.69, 9.17) is 5.73 Å². The summed E-state index contributed by atoms with van der Waals surface area (Å²) in [7, 11) is 0. The van der Waals surface area contributed by atoms with Crippen molar-refractivity contribution in [3.05, 3.63) is 29.1 Å². The van der Waals surface area contributed by atoms with Gasteiger partial charge in [-0.1, -0.05) is 0 Å². The Morgan fingerprint density at radius 1 is 1.06 bits per heavy atom. The van der Waals surface area contributed by atoms with E-state index < -0.39 is 46.8 Å². The predicted molar refractivity (Wildman–Crippen MR) is 53.7 cm³/mol. The van der Waals surface area contributed by atoms with Gasteiger partial charge in [-0.25, -0.2) is 18.0 Å². The van der Waals surface area contributed by atoms with Crippen molar-refractivity contribution < 1.29 is 31.5 Å². The first-order valence-electron chi connectivity index (χ1n) is 4.40. The maximum absolute atomic E-state index is 13.1. The Kier molecular flexibility index (Phi) is 4.52. The van der Waals surface area contributed by atoms with E-state index in [2.05, 4.69) is 17.4 Å². The molecule has 1 unspecified atom stereocenters. The maximum Gasteiger partial charge on any atom is 0.329 e. The molecule has 0 aromatic heterocycles. The highest BCUT2D eigenvalue weighted by atomic mass is 32.1. The first kappa shape index (κ1) is 14.7. The maximum atomic E-state index is 13.1. The van der Waals surface area contributed by atoms with Crippen molar-refractivity contribution in [1.29, 1.82) is 0 Å². The van der Waals surface area contributed by atoms with Crippen LogP contribution in [0.5, 0.6) is 5.75 Å². The Labute approximate surface area is 103 Å². The summed E-state index contributed by atoms with van der Waals surface area (Å²) in [6.07, 6.45) is 0. The minimum Gasteiger partial charge on any atom is -0.419 e. The normalized spacial score (nSPS) is 12.4. The molecule has 0 saturated heterocycles. The van der Waals surface area contributed by atoms with E-state index in [9.17, 15) is 26.7 Å². The highest BCUT2D eigenvalue weighted by Gasteiger charge is 2.29. The lowest BCUT2D eigenvalue weighted by Gasteiger charge is -2.11. The number of rotatable bonds is 3. The molecule has 0 saturated carbocycles. The molecule has 9 heteroatoms. The van der Waals surface area contributed by atoms with E-state index in [0.29, 0.717) is 0 Å². The van der Waals surface area contributed by atoms with Crippen LogP contribution >= 0.6 is 12.6 Å². The molecule has 0 amide bonds. The van der Waals surface area contributed by atoms with Crippen molar-refractivity contribution >= 4 is 18.6 Å². The number of thiol groups is 1. The Bertz CT molecular complexity index is 467. The van der Waals surface area contributed by atoms with Crippen molar-refractivity contribution in [1.82, 2.24) is 0 Å². The quantitative estimate of drug-likeness (QED) is 0.221. The average Bonchev–Trinajstić information content (AvgIpc) is 2.37. The minimum atomic E-state index is -2.34. The van der Waals surface area contributed by atoms with E-state index in [1.165, 1.54) is 0 Å². The summed E-state index contributed by atoms with van der Waals surface area (Å²) < 4.78 is 68.3. The topological polar surface area (TPSA) is 52.3 Å². The van der Waals surface area contributed by atoms with Crippen LogP contribution in [-0.2, 0) is 4.79 Å². The molecule has 2 N–H and O–H groups in total. The third-order valence-electron chi connectivity index (χ3n) is 1.87. The Hall–Kier alpha value is -1.35. The molecule has 0 fully saturated rings. The van der Waals surface area contributed by atoms with Gasteiger partial charge in [-0.15, -0.1) is 0 Å². The molecule has 0 bridgehead atoms. The summed E-state index contributed by atoms with van der Waals surface area (Å²) >= 11 is 3.61. The summed E-state index contributed by atoms with van der Waals surface area (Å²) in [5, 5.41) is 0. The summed E-state index contributed by atoms with van der Waals surface area (Å²) in [6.45, 7) is 0. The molecule has 100 valence electrons. The highest BCUT2D eigenvalue weighted by molar-refractivity contribution is 7.80. The molecule has 0 heterocycles. The van der Waals surface area contributed by atoms with Crippen molar-refractivity contribution in [2.75, 3.05) is 5.75 Å². The lowest BCUT2D eigenvalue weighted by Crippen LogP contribution is -2.36. The second-order valence-corrected chi connectivity index (χ2v) is 3.47. The molecule has 0 aliphatic carbocycles. The van der Waals surface area contributed by atoms with Crippen LogP contribution in [0.3, 0.4) is 0 Å². The SMILES string of the molecule is NC(CS)C(=O)Oc1c(F)c(F)c(F)c(F)c1F. The first-order valence-corrected chi connectivity index (χ1v) is 5.04. The molecule has 0 aliphatic heterocycles. The lowest BCUT2D eigenvalue weighted by molar-refractivity contribution is -0.135. The van der Waals surface area contributed by atoms with Crippen LogP contribution in [0.2, 0.25) is 0 Å². The van der Waals surface area contributed by atoms with Crippen LogP contribution in [0.15, 0.2) is 0 Å². The van der Waals surface area contributed by atoms with Gasteiger partial charge in [0.15, 0.2) is 0 Å². The van der Waals surface area contributed by atoms with Gasteiger partial charge in [0.05, 0.1) is 0 Å². The van der Waals surface area contributed by atoms with Crippen LogP contribution in [0.25, 0.3) is 0 Å². The monoisotopic (exact) mass is 287 g/mol. The third-order valence-corrected chi connectivity index (χ3v) is 2.27. The molecule has 1 atom stereocenters. The molecule has 0 radical (unpaired) electrons. The molecule has 0 aliphatic rings. The number of hydrogen-bond acceptors (Lipinski definition) is 4. The third kappa shape index (κ3) is 2.56. The summed E-state index contributed by atoms with van der Waals surface area (Å²) in [5.41, 5.74) is 5.11. The fourth-order valence-corrected chi connectivity index (χ4v) is 1.07. The van der Waals surface area contributed by atoms with Gasteiger partial charge < -0.3 is 10.5 Å². The standard InChI is InChI=1S/C9H6F5NO2S/c10-3-4(11)6(13)8(7(14)5(3)12)17-9(16)2(15)1-18/h2,18H,1,15H2. The number of esters is 1. The number of halogens is 5. The van der Waals surface area contributed by atoms with Crippen LogP contribution in [-0.4, -0.2) is 17.8 Å². The van der Waals surface area contributed by atoms with Crippen molar-refractivity contribution in [2.45, 2.75) is 6.04 Å². The van der Waals surface area contributed by atoms with E-state index in [1.54, 1.807) is 0 Å². The van der Waals surface area contributed by atoms with E-state index in [1.807, 2.05) is 0 Å². The highest BCUT2D eigenvalue weighted by Crippen LogP contribution is 2.29. The van der Waals surface area contributed by atoms with Gasteiger partial charge in [0.1, 0.15) is 6.04 Å². The molecule has 1 aromatic carbocycles. The fourth-order valence-electron chi connectivity index (χ4n) is 0.925. The Morgan fingerprint density at radius 2 is 1.44 bits per heavy atom. The molecule has 1 rings (SSSR count). The zero-order valence-electron chi connectivity index (χ0n) is 8.52. The van der Waals surface area contributed by atoms with Gasteiger partial charge >= 0.3 is 5.97 Å². The van der Waals surface area contributed by atoms with Gasteiger partial charge in [0.2, 0.25) is 34.8 Å². The molecular weight excluding hydrogens is 281 g/mol. The van der Waals surface area contributed by atoms with Crippen LogP contribution in [0.1, 0.15) is 0 Å². The number of nitrogens with two attached hydrogens (primary N) is 1. The van der Waals surface area contributed by atoms with Crippen LogP contribution in [0, 0.1) is 29.1 Å². The van der Waals surface area contributed by atoms with E-state index in [0.717, 1.165) is 0 Å². The fraction of sp³-hybridized carbons (Fsp3) is 0.222. The Morgan fingerprint density at radius 3 is 1.83 bits per heavy atom. The van der Waals surface area contributed by atoms with Crippen LogP contribution in [0.4, 0.5) is 22.0 Å². The molecule has 18 heavy (non-hydrogen) atoms. The zero-order valence-corrected chi connectivity index (χ0v) is 9.41. The number of ether oxygens (including phenoxy) is 1. The van der Waals surface area contributed by atoms with Crippen molar-refractivity contribution in [2.24, 2.45) is 5.73 Å². The number of benzene rings is 1. The van der Waals surface area contributed by atoms with Crippen molar-refractivity contribution in [3.8, 4) is 5.75 Å². The second-order valence-electron chi connectivity index (χ2n) is 3.11. The second kappa shape index (κ2) is 5.53. The largest absolute Gasteiger partial charge is 0.419 e. The molecule has 1 aromatic rings. The van der Waals surface area contributed by atoms with E-state index in [-0.39, 0.29) is 5.75 Å². The molecule has 3 nitrogen and oxygen atoms in total. The number of carbonyl (C=O) groups excluding carboxylic acids is 1. The lowest BCUT2D eigenvalue weighted by atomic mass is 10.2. The predicted octanol–water partition coefficient (Wildman–Crippen LogP) is 1.54. The zero-order chi connectivity index (χ0) is 14.0. The molecular formula is C9H6F5NO2S. The van der Waals surface area contributed by atoms with Gasteiger partial charge in [0, 0.05) is 5.75 Å². The van der Waals surface area contributed by atoms with Gasteiger partial charge in [-0.05, 0) is 0 Å². The van der Waals surface area contributed by atoms with E-state index >= 15 is 0 Å². The number of hydrogen-bond donors (Lipinski definition) is 2. The number of carbonyl (C=O) groups is 1.